The molecule has 2 heterocycles. The first-order valence-electron chi connectivity index (χ1n) is 5.57. The van der Waals surface area contributed by atoms with E-state index in [4.69, 9.17) is 4.74 Å². The largest absolute Gasteiger partial charge is 0.379 e. The summed E-state index contributed by atoms with van der Waals surface area (Å²) in [4.78, 5) is 0. The van der Waals surface area contributed by atoms with Crippen LogP contribution in [0.15, 0.2) is 11.4 Å². The maximum Gasteiger partial charge on any atom is 0.0680 e. The van der Waals surface area contributed by atoms with Gasteiger partial charge in [0.2, 0.25) is 0 Å². The van der Waals surface area contributed by atoms with Crippen molar-refractivity contribution in [3.05, 3.63) is 17.1 Å². The molecule has 2 rings (SSSR count). The average Bonchev–Trinajstić information content (AvgIpc) is 2.85. The third-order valence-electron chi connectivity index (χ3n) is 2.97. The summed E-state index contributed by atoms with van der Waals surface area (Å²) in [6.07, 6.45) is 3.52. The molecule has 84 valence electrons. The van der Waals surface area contributed by atoms with E-state index in [0.29, 0.717) is 0 Å². The van der Waals surface area contributed by atoms with Crippen molar-refractivity contribution in [1.29, 1.82) is 0 Å². The van der Waals surface area contributed by atoms with Gasteiger partial charge < -0.3 is 10.1 Å². The quantitative estimate of drug-likeness (QED) is 0.835. The molecule has 0 spiro atoms. The van der Waals surface area contributed by atoms with Crippen molar-refractivity contribution in [2.45, 2.75) is 38.3 Å². The Hall–Kier alpha value is -0.450. The van der Waals surface area contributed by atoms with E-state index in [2.05, 4.69) is 22.7 Å². The van der Waals surface area contributed by atoms with Gasteiger partial charge in [-0.15, -0.1) is 0 Å². The monoisotopic (exact) mass is 226 g/mol. The third-order valence-corrected chi connectivity index (χ3v) is 3.57. The predicted molar refractivity (Wildman–Crippen MR) is 62.0 cm³/mol. The van der Waals surface area contributed by atoms with Crippen molar-refractivity contribution in [2.24, 2.45) is 0 Å². The molecule has 0 aromatic carbocycles. The minimum Gasteiger partial charge on any atom is -0.379 e. The molecule has 0 aliphatic carbocycles. The Balaban J connectivity index is 1.89. The predicted octanol–water partition coefficient (Wildman–Crippen LogP) is 2.19. The number of hydrogen-bond donors (Lipinski definition) is 1. The zero-order chi connectivity index (χ0) is 10.6. The van der Waals surface area contributed by atoms with Gasteiger partial charge in [-0.1, -0.05) is 13.3 Å². The molecule has 1 unspecified atom stereocenters. The van der Waals surface area contributed by atoms with E-state index in [-0.39, 0.29) is 5.54 Å². The number of nitrogens with zero attached hydrogens (tertiary/aromatic N) is 1. The molecule has 0 bridgehead atoms. The van der Waals surface area contributed by atoms with Gasteiger partial charge in [-0.25, -0.2) is 0 Å². The Labute approximate surface area is 95.0 Å². The molecule has 1 N–H and O–H groups in total. The van der Waals surface area contributed by atoms with E-state index in [1.165, 1.54) is 24.4 Å². The normalized spacial score (nSPS) is 25.9. The van der Waals surface area contributed by atoms with Crippen LogP contribution in [0.25, 0.3) is 0 Å². The Morgan fingerprint density at radius 2 is 2.60 bits per heavy atom. The molecule has 0 amide bonds. The summed E-state index contributed by atoms with van der Waals surface area (Å²) >= 11 is 1.51. The highest BCUT2D eigenvalue weighted by Crippen LogP contribution is 2.24. The van der Waals surface area contributed by atoms with Crippen LogP contribution in [-0.4, -0.2) is 23.1 Å². The van der Waals surface area contributed by atoms with E-state index in [0.717, 1.165) is 31.9 Å². The molecule has 1 atom stereocenters. The highest BCUT2D eigenvalue weighted by Gasteiger charge is 2.33. The van der Waals surface area contributed by atoms with Crippen LogP contribution in [0.2, 0.25) is 0 Å². The first kappa shape index (κ1) is 11.0. The third kappa shape index (κ3) is 2.77. The maximum absolute atomic E-state index is 5.50. The van der Waals surface area contributed by atoms with Gasteiger partial charge in [-0.2, -0.15) is 4.37 Å². The molecule has 1 aliphatic heterocycles. The number of rotatable bonds is 5. The molecule has 1 saturated heterocycles. The van der Waals surface area contributed by atoms with Gasteiger partial charge >= 0.3 is 0 Å². The topological polar surface area (TPSA) is 34.2 Å². The van der Waals surface area contributed by atoms with E-state index in [1.807, 2.05) is 5.38 Å². The van der Waals surface area contributed by atoms with Crippen molar-refractivity contribution in [3.63, 3.8) is 0 Å². The number of nitrogens with one attached hydrogen (secondary N) is 1. The summed E-state index contributed by atoms with van der Waals surface area (Å²) in [6, 6.07) is 2.08. The lowest BCUT2D eigenvalue weighted by atomic mass is 9.93. The van der Waals surface area contributed by atoms with Crippen LogP contribution in [0.5, 0.6) is 0 Å². The van der Waals surface area contributed by atoms with E-state index in [9.17, 15) is 0 Å². The summed E-state index contributed by atoms with van der Waals surface area (Å²) in [5.41, 5.74) is 1.35. The minimum atomic E-state index is 0.207. The van der Waals surface area contributed by atoms with Crippen molar-refractivity contribution < 1.29 is 4.74 Å². The highest BCUT2D eigenvalue weighted by atomic mass is 32.1. The number of ether oxygens (including phenoxy) is 1. The Bertz CT molecular complexity index is 281. The minimum absolute atomic E-state index is 0.207. The van der Waals surface area contributed by atoms with Crippen LogP contribution in [0, 0.1) is 0 Å². The first-order chi connectivity index (χ1) is 7.35. The second kappa shape index (κ2) is 5.05. The van der Waals surface area contributed by atoms with Gasteiger partial charge in [0.05, 0.1) is 12.3 Å². The van der Waals surface area contributed by atoms with Crippen LogP contribution < -0.4 is 5.32 Å². The lowest BCUT2D eigenvalue weighted by Crippen LogP contribution is -2.45. The van der Waals surface area contributed by atoms with E-state index < -0.39 is 0 Å². The fourth-order valence-electron chi connectivity index (χ4n) is 2.12. The molecule has 1 aromatic heterocycles. The molecule has 1 aliphatic rings. The smallest absolute Gasteiger partial charge is 0.0680 e. The molecule has 15 heavy (non-hydrogen) atoms. The van der Waals surface area contributed by atoms with Gasteiger partial charge in [0.1, 0.15) is 0 Å². The van der Waals surface area contributed by atoms with Gasteiger partial charge in [0.25, 0.3) is 0 Å². The second-order valence-corrected chi connectivity index (χ2v) is 4.84. The van der Waals surface area contributed by atoms with Crippen LogP contribution in [0.3, 0.4) is 0 Å². The van der Waals surface area contributed by atoms with Crippen LogP contribution in [0.1, 0.15) is 31.9 Å². The van der Waals surface area contributed by atoms with E-state index in [1.54, 1.807) is 0 Å². The molecular weight excluding hydrogens is 208 g/mol. The summed E-state index contributed by atoms with van der Waals surface area (Å²) < 4.78 is 9.81. The van der Waals surface area contributed by atoms with Gasteiger partial charge in [0, 0.05) is 24.1 Å². The van der Waals surface area contributed by atoms with E-state index >= 15 is 0 Å². The van der Waals surface area contributed by atoms with Gasteiger partial charge in [-0.05, 0) is 30.4 Å². The Morgan fingerprint density at radius 1 is 1.67 bits per heavy atom. The number of hydrogen-bond acceptors (Lipinski definition) is 4. The van der Waals surface area contributed by atoms with Crippen LogP contribution in [0.4, 0.5) is 0 Å². The fraction of sp³-hybridized carbons (Fsp3) is 0.727. The summed E-state index contributed by atoms with van der Waals surface area (Å²) in [6.45, 7) is 4.84. The lowest BCUT2D eigenvalue weighted by molar-refractivity contribution is 0.161. The van der Waals surface area contributed by atoms with Crippen molar-refractivity contribution >= 4 is 11.5 Å². The molecule has 0 radical (unpaired) electrons. The molecule has 1 fully saturated rings. The Morgan fingerprint density at radius 3 is 3.20 bits per heavy atom. The summed E-state index contributed by atoms with van der Waals surface area (Å²) in [5.74, 6) is 0. The Kier molecular flexibility index (Phi) is 3.72. The molecule has 0 saturated carbocycles. The van der Waals surface area contributed by atoms with Crippen LogP contribution in [-0.2, 0) is 11.3 Å². The van der Waals surface area contributed by atoms with Crippen molar-refractivity contribution in [1.82, 2.24) is 9.69 Å². The van der Waals surface area contributed by atoms with Gasteiger partial charge in [0.15, 0.2) is 0 Å². The molecule has 4 heteroatoms. The fourth-order valence-corrected chi connectivity index (χ4v) is 2.66. The summed E-state index contributed by atoms with van der Waals surface area (Å²) in [7, 11) is 0. The molecule has 1 aromatic rings. The zero-order valence-corrected chi connectivity index (χ0v) is 9.98. The second-order valence-electron chi connectivity index (χ2n) is 4.18. The maximum atomic E-state index is 5.50. The first-order valence-corrected chi connectivity index (χ1v) is 6.40. The molecular formula is C11H18N2OS. The van der Waals surface area contributed by atoms with Gasteiger partial charge in [-0.3, -0.25) is 0 Å². The SMILES string of the molecule is CCCC1(NCc2ccsn2)CCOC1. The van der Waals surface area contributed by atoms with Crippen molar-refractivity contribution in [2.75, 3.05) is 13.2 Å². The average molecular weight is 226 g/mol. The van der Waals surface area contributed by atoms with Crippen LogP contribution >= 0.6 is 11.5 Å². The lowest BCUT2D eigenvalue weighted by Gasteiger charge is -2.28. The summed E-state index contributed by atoms with van der Waals surface area (Å²) in [5, 5.41) is 5.64. The van der Waals surface area contributed by atoms with Crippen molar-refractivity contribution in [3.8, 4) is 0 Å². The zero-order valence-electron chi connectivity index (χ0n) is 9.16. The number of aromatic nitrogens is 1. The highest BCUT2D eigenvalue weighted by molar-refractivity contribution is 7.03. The standard InChI is InChI=1S/C11H18N2OS/c1-2-4-11(5-6-14-9-11)12-8-10-3-7-15-13-10/h3,7,12H,2,4-6,8-9H2,1H3. The molecule has 3 nitrogen and oxygen atoms in total.